The molecule has 0 aliphatic carbocycles. The van der Waals surface area contributed by atoms with Gasteiger partial charge in [-0.1, -0.05) is 12.1 Å². The summed E-state index contributed by atoms with van der Waals surface area (Å²) in [5, 5.41) is 11.7. The highest BCUT2D eigenvalue weighted by Crippen LogP contribution is 2.22. The summed E-state index contributed by atoms with van der Waals surface area (Å²) in [5.74, 6) is 0.162. The van der Waals surface area contributed by atoms with E-state index in [2.05, 4.69) is 5.32 Å². The van der Waals surface area contributed by atoms with E-state index in [1.165, 1.54) is 7.11 Å². The maximum Gasteiger partial charge on any atom is 0.259 e. The molecule has 0 radical (unpaired) electrons. The fourth-order valence-electron chi connectivity index (χ4n) is 1.79. The number of carbonyl (C=O) groups is 1. The summed E-state index contributed by atoms with van der Waals surface area (Å²) < 4.78 is 5.15. The summed E-state index contributed by atoms with van der Waals surface area (Å²) in [7, 11) is 1.50. The molecule has 0 aliphatic heterocycles. The second kappa shape index (κ2) is 6.08. The molecule has 5 nitrogen and oxygen atoms in total. The molecule has 0 unspecified atom stereocenters. The van der Waals surface area contributed by atoms with Crippen molar-refractivity contribution < 1.29 is 14.6 Å². The van der Waals surface area contributed by atoms with Gasteiger partial charge in [-0.05, 0) is 35.9 Å². The van der Waals surface area contributed by atoms with Crippen LogP contribution >= 0.6 is 0 Å². The summed E-state index contributed by atoms with van der Waals surface area (Å²) in [6.45, 7) is -0.0305. The minimum atomic E-state index is -0.300. The molecule has 2 aromatic rings. The monoisotopic (exact) mass is 272 g/mol. The standard InChI is InChI=1S/C15H16N2O3/c1-20-14-7-4-11(16)8-13(14)15(19)17-12-5-2-10(9-18)3-6-12/h2-8,18H,9,16H2,1H3,(H,17,19). The Labute approximate surface area is 117 Å². The molecule has 2 aromatic carbocycles. The van der Waals surface area contributed by atoms with Gasteiger partial charge in [0, 0.05) is 11.4 Å². The number of hydrogen-bond acceptors (Lipinski definition) is 4. The molecule has 0 saturated heterocycles. The average molecular weight is 272 g/mol. The van der Waals surface area contributed by atoms with E-state index in [1.54, 1.807) is 42.5 Å². The van der Waals surface area contributed by atoms with Crippen LogP contribution in [0.5, 0.6) is 5.75 Å². The molecule has 0 aliphatic rings. The van der Waals surface area contributed by atoms with Crippen LogP contribution in [0.3, 0.4) is 0 Å². The third-order valence-corrected chi connectivity index (χ3v) is 2.86. The van der Waals surface area contributed by atoms with Gasteiger partial charge in [0.1, 0.15) is 5.75 Å². The molecule has 0 heterocycles. The van der Waals surface area contributed by atoms with E-state index in [4.69, 9.17) is 15.6 Å². The zero-order valence-corrected chi connectivity index (χ0v) is 11.1. The van der Waals surface area contributed by atoms with Crippen molar-refractivity contribution in [2.75, 3.05) is 18.2 Å². The molecule has 104 valence electrons. The number of aliphatic hydroxyl groups excluding tert-OH is 1. The normalized spacial score (nSPS) is 10.1. The largest absolute Gasteiger partial charge is 0.496 e. The summed E-state index contributed by atoms with van der Waals surface area (Å²) in [6.07, 6.45) is 0. The van der Waals surface area contributed by atoms with E-state index >= 15 is 0 Å². The lowest BCUT2D eigenvalue weighted by molar-refractivity contribution is 0.102. The van der Waals surface area contributed by atoms with Crippen LogP contribution in [0.15, 0.2) is 42.5 Å². The molecule has 0 aromatic heterocycles. The number of nitrogens with one attached hydrogen (secondary N) is 1. The molecule has 0 saturated carbocycles. The van der Waals surface area contributed by atoms with Gasteiger partial charge < -0.3 is 20.9 Å². The van der Waals surface area contributed by atoms with Crippen LogP contribution in [0.1, 0.15) is 15.9 Å². The van der Waals surface area contributed by atoms with Crippen molar-refractivity contribution >= 4 is 17.3 Å². The third-order valence-electron chi connectivity index (χ3n) is 2.86. The van der Waals surface area contributed by atoms with Gasteiger partial charge >= 0.3 is 0 Å². The number of benzene rings is 2. The van der Waals surface area contributed by atoms with Crippen molar-refractivity contribution in [3.05, 3.63) is 53.6 Å². The number of nitrogen functional groups attached to an aromatic ring is 1. The minimum Gasteiger partial charge on any atom is -0.496 e. The van der Waals surface area contributed by atoms with Crippen LogP contribution in [-0.4, -0.2) is 18.1 Å². The SMILES string of the molecule is COc1ccc(N)cc1C(=O)Nc1ccc(CO)cc1. The topological polar surface area (TPSA) is 84.6 Å². The second-order valence-electron chi connectivity index (χ2n) is 4.27. The Balaban J connectivity index is 2.20. The Morgan fingerprint density at radius 2 is 1.95 bits per heavy atom. The third kappa shape index (κ3) is 3.07. The van der Waals surface area contributed by atoms with Crippen molar-refractivity contribution in [3.8, 4) is 5.75 Å². The van der Waals surface area contributed by atoms with Gasteiger partial charge in [-0.25, -0.2) is 0 Å². The van der Waals surface area contributed by atoms with Gasteiger partial charge in [-0.3, -0.25) is 4.79 Å². The number of aliphatic hydroxyl groups is 1. The van der Waals surface area contributed by atoms with Crippen LogP contribution in [0.4, 0.5) is 11.4 Å². The number of rotatable bonds is 4. The molecule has 5 heteroatoms. The van der Waals surface area contributed by atoms with Crippen LogP contribution in [-0.2, 0) is 6.61 Å². The molecular formula is C15H16N2O3. The summed E-state index contributed by atoms with van der Waals surface area (Å²) in [6, 6.07) is 11.8. The van der Waals surface area contributed by atoms with E-state index in [1.807, 2.05) is 0 Å². The number of anilines is 2. The van der Waals surface area contributed by atoms with Crippen molar-refractivity contribution in [1.82, 2.24) is 0 Å². The first kappa shape index (κ1) is 13.9. The molecule has 1 amide bonds. The number of amides is 1. The number of ether oxygens (including phenoxy) is 1. The lowest BCUT2D eigenvalue weighted by atomic mass is 10.1. The predicted octanol–water partition coefficient (Wildman–Crippen LogP) is 2.02. The second-order valence-corrected chi connectivity index (χ2v) is 4.27. The van der Waals surface area contributed by atoms with Crippen LogP contribution in [0, 0.1) is 0 Å². The highest BCUT2D eigenvalue weighted by Gasteiger charge is 2.12. The smallest absolute Gasteiger partial charge is 0.259 e. The zero-order chi connectivity index (χ0) is 14.5. The van der Waals surface area contributed by atoms with E-state index in [-0.39, 0.29) is 12.5 Å². The maximum atomic E-state index is 12.2. The molecule has 0 spiro atoms. The molecule has 4 N–H and O–H groups in total. The van der Waals surface area contributed by atoms with Crippen LogP contribution in [0.25, 0.3) is 0 Å². The Bertz CT molecular complexity index is 609. The average Bonchev–Trinajstić information content (AvgIpc) is 2.48. The molecule has 2 rings (SSSR count). The van der Waals surface area contributed by atoms with Gasteiger partial charge in [0.15, 0.2) is 0 Å². The van der Waals surface area contributed by atoms with Gasteiger partial charge in [-0.15, -0.1) is 0 Å². The maximum absolute atomic E-state index is 12.2. The Morgan fingerprint density at radius 3 is 2.55 bits per heavy atom. The number of carbonyl (C=O) groups excluding carboxylic acids is 1. The van der Waals surface area contributed by atoms with Crippen LogP contribution in [0.2, 0.25) is 0 Å². The van der Waals surface area contributed by atoms with Gasteiger partial charge in [0.25, 0.3) is 5.91 Å². The highest BCUT2D eigenvalue weighted by atomic mass is 16.5. The summed E-state index contributed by atoms with van der Waals surface area (Å²) in [4.78, 5) is 12.2. The van der Waals surface area contributed by atoms with Crippen LogP contribution < -0.4 is 15.8 Å². The van der Waals surface area contributed by atoms with E-state index in [0.717, 1.165) is 5.56 Å². The predicted molar refractivity (Wildman–Crippen MR) is 77.7 cm³/mol. The lowest BCUT2D eigenvalue weighted by Crippen LogP contribution is -2.13. The molecule has 0 fully saturated rings. The van der Waals surface area contributed by atoms with Crippen molar-refractivity contribution in [2.24, 2.45) is 0 Å². The molecule has 0 bridgehead atoms. The van der Waals surface area contributed by atoms with Crippen molar-refractivity contribution in [1.29, 1.82) is 0 Å². The lowest BCUT2D eigenvalue weighted by Gasteiger charge is -2.10. The Morgan fingerprint density at radius 1 is 1.25 bits per heavy atom. The fourth-order valence-corrected chi connectivity index (χ4v) is 1.79. The first-order valence-corrected chi connectivity index (χ1v) is 6.08. The number of nitrogens with two attached hydrogens (primary N) is 1. The van der Waals surface area contributed by atoms with E-state index < -0.39 is 0 Å². The molecule has 0 atom stereocenters. The number of methoxy groups -OCH3 is 1. The van der Waals surface area contributed by atoms with E-state index in [0.29, 0.717) is 22.7 Å². The van der Waals surface area contributed by atoms with Gasteiger partial charge in [0.05, 0.1) is 19.3 Å². The van der Waals surface area contributed by atoms with Gasteiger partial charge in [0.2, 0.25) is 0 Å². The zero-order valence-electron chi connectivity index (χ0n) is 11.1. The first-order valence-electron chi connectivity index (χ1n) is 6.08. The Kier molecular flexibility index (Phi) is 4.22. The highest BCUT2D eigenvalue weighted by molar-refractivity contribution is 6.06. The quantitative estimate of drug-likeness (QED) is 0.743. The number of hydrogen-bond donors (Lipinski definition) is 3. The van der Waals surface area contributed by atoms with E-state index in [9.17, 15) is 4.79 Å². The van der Waals surface area contributed by atoms with Gasteiger partial charge in [-0.2, -0.15) is 0 Å². The first-order chi connectivity index (χ1) is 9.63. The minimum absolute atomic E-state index is 0.0305. The molecular weight excluding hydrogens is 256 g/mol. The molecule has 20 heavy (non-hydrogen) atoms. The Hall–Kier alpha value is -2.53. The summed E-state index contributed by atoms with van der Waals surface area (Å²) >= 11 is 0. The van der Waals surface area contributed by atoms with Crippen molar-refractivity contribution in [2.45, 2.75) is 6.61 Å². The fraction of sp³-hybridized carbons (Fsp3) is 0.133. The van der Waals surface area contributed by atoms with Crippen molar-refractivity contribution in [3.63, 3.8) is 0 Å². The summed E-state index contributed by atoms with van der Waals surface area (Å²) in [5.41, 5.74) is 7.97.